The summed E-state index contributed by atoms with van der Waals surface area (Å²) in [5, 5.41) is 6.44. The van der Waals surface area contributed by atoms with E-state index in [1.165, 1.54) is 6.07 Å². The molecule has 1 fully saturated rings. The minimum Gasteiger partial charge on any atom is -0.348 e. The molecule has 1 unspecified atom stereocenters. The summed E-state index contributed by atoms with van der Waals surface area (Å²) in [4.78, 5) is 15.7. The van der Waals surface area contributed by atoms with E-state index in [4.69, 9.17) is 11.6 Å². The number of carbonyl (C=O) groups excluding carboxylic acids is 1. The molecule has 2 N–H and O–H groups in total. The van der Waals surface area contributed by atoms with Gasteiger partial charge < -0.3 is 10.6 Å². The predicted molar refractivity (Wildman–Crippen MR) is 131 cm³/mol. The summed E-state index contributed by atoms with van der Waals surface area (Å²) in [5.41, 5.74) is 0.133. The van der Waals surface area contributed by atoms with E-state index < -0.39 is 17.6 Å². The molecule has 2 aromatic rings. The molecule has 0 bridgehead atoms. The quantitative estimate of drug-likeness (QED) is 0.389. The van der Waals surface area contributed by atoms with Gasteiger partial charge in [0.1, 0.15) is 0 Å². The van der Waals surface area contributed by atoms with E-state index >= 15 is 0 Å². The highest BCUT2D eigenvalue weighted by Crippen LogP contribution is 2.37. The molecule has 1 saturated heterocycles. The van der Waals surface area contributed by atoms with Gasteiger partial charge in [-0.15, -0.1) is 11.8 Å². The van der Waals surface area contributed by atoms with Gasteiger partial charge in [0.05, 0.1) is 5.56 Å². The topological polar surface area (TPSA) is 44.4 Å². The number of carbonyl (C=O) groups is 1. The number of alkyl halides is 3. The Morgan fingerprint density at radius 3 is 2.70 bits per heavy atom. The Bertz CT molecular complexity index is 1010. The van der Waals surface area contributed by atoms with Crippen molar-refractivity contribution in [2.24, 2.45) is 0 Å². The number of hydrogen-bond acceptors (Lipinski definition) is 4. The number of thioether (sulfide) groups is 1. The molecule has 1 atom stereocenters. The number of hydrogen-bond donors (Lipinski definition) is 2. The van der Waals surface area contributed by atoms with Gasteiger partial charge in [0, 0.05) is 52.2 Å². The van der Waals surface area contributed by atoms with Crippen LogP contribution in [0.1, 0.15) is 40.4 Å². The Labute approximate surface area is 209 Å². The highest BCUT2D eigenvalue weighted by Gasteiger charge is 2.36. The maximum absolute atomic E-state index is 13.9. The first-order valence-electron chi connectivity index (χ1n) is 10.6. The Kier molecular flexibility index (Phi) is 9.14. The molecule has 0 aliphatic carbocycles. The van der Waals surface area contributed by atoms with Crippen LogP contribution in [0.4, 0.5) is 13.2 Å². The normalized spacial score (nSPS) is 16.9. The van der Waals surface area contributed by atoms with Crippen LogP contribution in [0.5, 0.6) is 0 Å². The van der Waals surface area contributed by atoms with E-state index in [-0.39, 0.29) is 34.7 Å². The number of benzene rings is 2. The lowest BCUT2D eigenvalue weighted by atomic mass is 10.0. The van der Waals surface area contributed by atoms with Crippen molar-refractivity contribution in [1.29, 1.82) is 0 Å². The van der Waals surface area contributed by atoms with Crippen LogP contribution in [-0.4, -0.2) is 42.7 Å². The third-order valence-electron chi connectivity index (χ3n) is 5.59. The molecule has 3 rings (SSSR count). The van der Waals surface area contributed by atoms with Crippen LogP contribution in [0, 0.1) is 0 Å². The Balaban J connectivity index is 1.81. The van der Waals surface area contributed by atoms with Crippen LogP contribution in [0.3, 0.4) is 0 Å². The fraction of sp³-hybridized carbons (Fsp3) is 0.435. The minimum absolute atomic E-state index is 0.0424. The summed E-state index contributed by atoms with van der Waals surface area (Å²) in [7, 11) is 1.85. The van der Waals surface area contributed by atoms with Crippen molar-refractivity contribution in [3.63, 3.8) is 0 Å². The van der Waals surface area contributed by atoms with Gasteiger partial charge in [0.15, 0.2) is 0 Å². The molecule has 1 aliphatic heterocycles. The summed E-state index contributed by atoms with van der Waals surface area (Å²) in [6.45, 7) is 3.74. The summed E-state index contributed by atoms with van der Waals surface area (Å²) in [5.74, 6) is 0.273. The SMILES string of the molecule is CCSc1ccc(Cl)cc1CNC(=O)c1cc(Br)c(CN2CCC(NC)C2)c(C(F)(F)F)c1. The van der Waals surface area contributed by atoms with Crippen LogP contribution < -0.4 is 10.6 Å². The smallest absolute Gasteiger partial charge is 0.348 e. The average molecular weight is 565 g/mol. The molecule has 1 amide bonds. The predicted octanol–water partition coefficient (Wildman–Crippen LogP) is 5.96. The van der Waals surface area contributed by atoms with Crippen molar-refractivity contribution in [1.82, 2.24) is 15.5 Å². The van der Waals surface area contributed by atoms with Gasteiger partial charge in [-0.3, -0.25) is 9.69 Å². The van der Waals surface area contributed by atoms with Crippen LogP contribution in [0.25, 0.3) is 0 Å². The van der Waals surface area contributed by atoms with Crippen LogP contribution in [0.2, 0.25) is 5.02 Å². The lowest BCUT2D eigenvalue weighted by molar-refractivity contribution is -0.138. The summed E-state index contributed by atoms with van der Waals surface area (Å²) < 4.78 is 42.0. The molecule has 1 aliphatic rings. The number of amides is 1. The van der Waals surface area contributed by atoms with Gasteiger partial charge in [-0.2, -0.15) is 13.2 Å². The Hall–Kier alpha value is -1.26. The second kappa shape index (κ2) is 11.4. The molecule has 4 nitrogen and oxygen atoms in total. The molecule has 0 aromatic heterocycles. The van der Waals surface area contributed by atoms with Crippen molar-refractivity contribution in [2.75, 3.05) is 25.9 Å². The highest BCUT2D eigenvalue weighted by molar-refractivity contribution is 9.10. The van der Waals surface area contributed by atoms with Crippen molar-refractivity contribution in [3.8, 4) is 0 Å². The average Bonchev–Trinajstić information content (AvgIpc) is 3.22. The molecule has 33 heavy (non-hydrogen) atoms. The highest BCUT2D eigenvalue weighted by atomic mass is 79.9. The number of rotatable bonds is 8. The van der Waals surface area contributed by atoms with Gasteiger partial charge in [0.2, 0.25) is 0 Å². The molecule has 2 aromatic carbocycles. The Morgan fingerprint density at radius 2 is 2.06 bits per heavy atom. The lowest BCUT2D eigenvalue weighted by Crippen LogP contribution is -2.30. The first-order valence-corrected chi connectivity index (χ1v) is 12.8. The third kappa shape index (κ3) is 6.88. The number of likely N-dealkylation sites (tertiary alicyclic amines) is 1. The molecule has 0 spiro atoms. The van der Waals surface area contributed by atoms with Crippen molar-refractivity contribution >= 4 is 45.2 Å². The zero-order valence-corrected chi connectivity index (χ0v) is 21.5. The molecular weight excluding hydrogens is 539 g/mol. The zero-order chi connectivity index (χ0) is 24.2. The largest absolute Gasteiger partial charge is 0.416 e. The summed E-state index contributed by atoms with van der Waals surface area (Å²) in [6, 6.07) is 8.09. The van der Waals surface area contributed by atoms with Gasteiger partial charge in [-0.25, -0.2) is 0 Å². The first kappa shape index (κ1) is 26.3. The maximum Gasteiger partial charge on any atom is 0.416 e. The second-order valence-electron chi connectivity index (χ2n) is 7.86. The number of halogens is 5. The van der Waals surface area contributed by atoms with E-state index in [1.54, 1.807) is 23.9 Å². The molecule has 0 radical (unpaired) electrons. The van der Waals surface area contributed by atoms with E-state index in [0.717, 1.165) is 35.2 Å². The molecule has 0 saturated carbocycles. The molecule has 10 heteroatoms. The monoisotopic (exact) mass is 563 g/mol. The van der Waals surface area contributed by atoms with E-state index in [1.807, 2.05) is 24.9 Å². The lowest BCUT2D eigenvalue weighted by Gasteiger charge is -2.22. The molecular formula is C23H26BrClF3N3OS. The maximum atomic E-state index is 13.9. The fourth-order valence-corrected chi connectivity index (χ4v) is 5.45. The summed E-state index contributed by atoms with van der Waals surface area (Å²) >= 11 is 11.0. The molecule has 180 valence electrons. The fourth-order valence-electron chi connectivity index (χ4n) is 3.88. The first-order chi connectivity index (χ1) is 15.6. The van der Waals surface area contributed by atoms with Gasteiger partial charge >= 0.3 is 6.18 Å². The van der Waals surface area contributed by atoms with E-state index in [0.29, 0.717) is 11.6 Å². The number of nitrogens with zero attached hydrogens (tertiary/aromatic N) is 1. The van der Waals surface area contributed by atoms with E-state index in [2.05, 4.69) is 26.6 Å². The van der Waals surface area contributed by atoms with E-state index in [9.17, 15) is 18.0 Å². The van der Waals surface area contributed by atoms with Crippen LogP contribution in [0.15, 0.2) is 39.7 Å². The van der Waals surface area contributed by atoms with Gasteiger partial charge in [-0.1, -0.05) is 34.5 Å². The Morgan fingerprint density at radius 1 is 1.30 bits per heavy atom. The summed E-state index contributed by atoms with van der Waals surface area (Å²) in [6.07, 6.45) is -3.69. The number of nitrogens with one attached hydrogen (secondary N) is 2. The number of likely N-dealkylation sites (N-methyl/N-ethyl adjacent to an activating group) is 1. The molecule has 1 heterocycles. The van der Waals surface area contributed by atoms with Crippen molar-refractivity contribution in [2.45, 2.75) is 43.5 Å². The van der Waals surface area contributed by atoms with Crippen LogP contribution >= 0.6 is 39.3 Å². The van der Waals surface area contributed by atoms with Crippen LogP contribution in [-0.2, 0) is 19.3 Å². The zero-order valence-electron chi connectivity index (χ0n) is 18.4. The van der Waals surface area contributed by atoms with Crippen molar-refractivity contribution < 1.29 is 18.0 Å². The standard InChI is InChI=1S/C23H26BrClF3N3OS/c1-3-33-21-5-4-16(25)8-15(21)11-30-22(32)14-9-19(23(26,27)28)18(20(24)10-14)13-31-7-6-17(12-31)29-2/h4-5,8-10,17,29H,3,6-7,11-13H2,1-2H3,(H,30,32). The van der Waals surface area contributed by atoms with Crippen molar-refractivity contribution in [3.05, 3.63) is 62.1 Å². The minimum atomic E-state index is -4.58. The second-order valence-corrected chi connectivity index (χ2v) is 10.5. The van der Waals surface area contributed by atoms with Gasteiger partial charge in [-0.05, 0) is 60.7 Å². The third-order valence-corrected chi connectivity index (χ3v) is 7.53. The van der Waals surface area contributed by atoms with Gasteiger partial charge in [0.25, 0.3) is 5.91 Å².